The van der Waals surface area contributed by atoms with Crippen LogP contribution in [0.3, 0.4) is 0 Å². The molecule has 1 aliphatic rings. The highest BCUT2D eigenvalue weighted by Gasteiger charge is 2.24. The van der Waals surface area contributed by atoms with Crippen molar-refractivity contribution < 1.29 is 13.9 Å². The molecule has 0 fully saturated rings. The minimum Gasteiger partial charge on any atom is -0.497 e. The minimum absolute atomic E-state index is 0.378. The summed E-state index contributed by atoms with van der Waals surface area (Å²) in [6.45, 7) is 3.50. The fourth-order valence-corrected chi connectivity index (χ4v) is 4.72. The maximum atomic E-state index is 13.1. The summed E-state index contributed by atoms with van der Waals surface area (Å²) in [6, 6.07) is 16.7. The molecule has 1 aliphatic heterocycles. The molecule has 0 unspecified atom stereocenters. The van der Waals surface area contributed by atoms with E-state index in [0.717, 1.165) is 39.1 Å². The van der Waals surface area contributed by atoms with Crippen molar-refractivity contribution in [2.24, 2.45) is 0 Å². The Morgan fingerprint density at radius 2 is 1.85 bits per heavy atom. The molecule has 0 aliphatic carbocycles. The first kappa shape index (κ1) is 21.8. The van der Waals surface area contributed by atoms with Gasteiger partial charge in [0.1, 0.15) is 23.8 Å². The van der Waals surface area contributed by atoms with E-state index < -0.39 is 0 Å². The Hall–Kier alpha value is -2.99. The van der Waals surface area contributed by atoms with E-state index >= 15 is 0 Å². The van der Waals surface area contributed by atoms with Gasteiger partial charge in [0.2, 0.25) is 0 Å². The smallest absolute Gasteiger partial charge is 0.344 e. The Morgan fingerprint density at radius 3 is 2.58 bits per heavy atom. The van der Waals surface area contributed by atoms with E-state index in [1.165, 1.54) is 0 Å². The molecule has 0 N–H and O–H groups in total. The second-order valence-electron chi connectivity index (χ2n) is 8.03. The van der Waals surface area contributed by atoms with E-state index in [0.29, 0.717) is 41.0 Å². The first-order chi connectivity index (χ1) is 15.9. The van der Waals surface area contributed by atoms with Gasteiger partial charge in [0, 0.05) is 28.5 Å². The first-order valence-electron chi connectivity index (χ1n) is 10.5. The van der Waals surface area contributed by atoms with E-state index in [2.05, 4.69) is 4.90 Å². The molecule has 2 heterocycles. The van der Waals surface area contributed by atoms with Crippen LogP contribution in [0.2, 0.25) is 10.0 Å². The summed E-state index contributed by atoms with van der Waals surface area (Å²) >= 11 is 12.4. The maximum absolute atomic E-state index is 13.1. The molecule has 0 saturated heterocycles. The number of rotatable bonds is 4. The number of halogens is 2. The monoisotopic (exact) mass is 481 g/mol. The Balaban J connectivity index is 1.53. The van der Waals surface area contributed by atoms with Crippen LogP contribution in [0, 0.1) is 6.92 Å². The molecule has 1 aromatic heterocycles. The van der Waals surface area contributed by atoms with E-state index in [-0.39, 0.29) is 5.63 Å². The summed E-state index contributed by atoms with van der Waals surface area (Å²) in [5.41, 5.74) is 4.18. The number of fused-ring (bicyclic) bond motifs is 3. The average molecular weight is 482 g/mol. The molecule has 0 atom stereocenters. The lowest BCUT2D eigenvalue weighted by Crippen LogP contribution is -2.31. The molecule has 7 heteroatoms. The fraction of sp³-hybridized carbons (Fsp3) is 0.192. The molecule has 0 radical (unpaired) electrons. The van der Waals surface area contributed by atoms with Crippen molar-refractivity contribution in [2.45, 2.75) is 20.0 Å². The van der Waals surface area contributed by atoms with Gasteiger partial charge < -0.3 is 13.9 Å². The van der Waals surface area contributed by atoms with Crippen molar-refractivity contribution in [3.8, 4) is 22.6 Å². The van der Waals surface area contributed by atoms with Gasteiger partial charge in [-0.05, 0) is 60.0 Å². The zero-order chi connectivity index (χ0) is 23.1. The van der Waals surface area contributed by atoms with Crippen molar-refractivity contribution >= 4 is 34.2 Å². The van der Waals surface area contributed by atoms with Crippen molar-refractivity contribution in [1.82, 2.24) is 4.90 Å². The molecule has 0 amide bonds. The Kier molecular flexibility index (Phi) is 5.79. The van der Waals surface area contributed by atoms with E-state index in [1.54, 1.807) is 13.2 Å². The molecule has 0 spiro atoms. The Labute approximate surface area is 201 Å². The lowest BCUT2D eigenvalue weighted by atomic mass is 9.97. The Bertz CT molecular complexity index is 1410. The summed E-state index contributed by atoms with van der Waals surface area (Å²) in [4.78, 5) is 15.2. The predicted molar refractivity (Wildman–Crippen MR) is 130 cm³/mol. The second-order valence-corrected chi connectivity index (χ2v) is 8.88. The van der Waals surface area contributed by atoms with Crippen LogP contribution in [0.4, 0.5) is 0 Å². The zero-order valence-electron chi connectivity index (χ0n) is 18.2. The van der Waals surface area contributed by atoms with Gasteiger partial charge in [-0.25, -0.2) is 4.79 Å². The molecule has 0 saturated carbocycles. The van der Waals surface area contributed by atoms with Gasteiger partial charge in [0.15, 0.2) is 0 Å². The summed E-state index contributed by atoms with van der Waals surface area (Å²) < 4.78 is 17.1. The standard InChI is InChI=1S/C26H21Cl2NO4/c1-15-20-9-10-23-21(13-29(14-32-23)12-17-3-6-18(27)11-22(17)28)25(20)33-26(30)24(15)16-4-7-19(31-2)8-5-16/h3-11H,12-14H2,1-2H3. The highest BCUT2D eigenvalue weighted by molar-refractivity contribution is 6.35. The molecule has 5 rings (SSSR count). The van der Waals surface area contributed by atoms with Crippen LogP contribution in [-0.4, -0.2) is 18.7 Å². The van der Waals surface area contributed by atoms with E-state index in [1.807, 2.05) is 55.5 Å². The summed E-state index contributed by atoms with van der Waals surface area (Å²) in [5, 5.41) is 2.09. The predicted octanol–water partition coefficient (Wildman–Crippen LogP) is 6.44. The first-order valence-corrected chi connectivity index (χ1v) is 11.2. The van der Waals surface area contributed by atoms with Crippen molar-refractivity contribution in [1.29, 1.82) is 0 Å². The number of aryl methyl sites for hydroxylation is 1. The molecule has 0 bridgehead atoms. The highest BCUT2D eigenvalue weighted by atomic mass is 35.5. The number of methoxy groups -OCH3 is 1. The number of ether oxygens (including phenoxy) is 2. The number of hydrogen-bond acceptors (Lipinski definition) is 5. The molecule has 33 heavy (non-hydrogen) atoms. The van der Waals surface area contributed by atoms with E-state index in [4.69, 9.17) is 37.1 Å². The van der Waals surface area contributed by atoms with Crippen LogP contribution in [0.15, 0.2) is 63.8 Å². The normalized spacial score (nSPS) is 13.6. The Morgan fingerprint density at radius 1 is 1.06 bits per heavy atom. The van der Waals surface area contributed by atoms with Gasteiger partial charge in [-0.2, -0.15) is 0 Å². The highest BCUT2D eigenvalue weighted by Crippen LogP contribution is 2.36. The minimum atomic E-state index is -0.378. The fourth-order valence-electron chi connectivity index (χ4n) is 4.25. The number of benzene rings is 3. The van der Waals surface area contributed by atoms with Gasteiger partial charge in [-0.15, -0.1) is 0 Å². The molecular weight excluding hydrogens is 461 g/mol. The maximum Gasteiger partial charge on any atom is 0.344 e. The molecule has 168 valence electrons. The zero-order valence-corrected chi connectivity index (χ0v) is 19.7. The van der Waals surface area contributed by atoms with Crippen molar-refractivity contribution in [3.05, 3.63) is 91.8 Å². The van der Waals surface area contributed by atoms with E-state index in [9.17, 15) is 4.79 Å². The number of hydrogen-bond donors (Lipinski definition) is 0. The topological polar surface area (TPSA) is 51.9 Å². The van der Waals surface area contributed by atoms with Crippen molar-refractivity contribution in [2.75, 3.05) is 13.8 Å². The second kappa shape index (κ2) is 8.75. The van der Waals surface area contributed by atoms with Gasteiger partial charge in [-0.1, -0.05) is 41.4 Å². The van der Waals surface area contributed by atoms with Crippen LogP contribution >= 0.6 is 23.2 Å². The quantitative estimate of drug-likeness (QED) is 0.314. The summed E-state index contributed by atoms with van der Waals surface area (Å²) in [7, 11) is 1.61. The van der Waals surface area contributed by atoms with Gasteiger partial charge in [0.05, 0.1) is 18.2 Å². The van der Waals surface area contributed by atoms with Gasteiger partial charge in [0.25, 0.3) is 0 Å². The molecular formula is C26H21Cl2NO4. The van der Waals surface area contributed by atoms with Gasteiger partial charge >= 0.3 is 5.63 Å². The SMILES string of the molecule is COc1ccc(-c2c(C)c3ccc4c(c3oc2=O)CN(Cc2ccc(Cl)cc2Cl)CO4)cc1. The summed E-state index contributed by atoms with van der Waals surface area (Å²) in [5.74, 6) is 1.45. The lowest BCUT2D eigenvalue weighted by molar-refractivity contribution is 0.0890. The van der Waals surface area contributed by atoms with Gasteiger partial charge in [-0.3, -0.25) is 4.90 Å². The van der Waals surface area contributed by atoms with Crippen LogP contribution in [0.1, 0.15) is 16.7 Å². The van der Waals surface area contributed by atoms with Crippen molar-refractivity contribution in [3.63, 3.8) is 0 Å². The largest absolute Gasteiger partial charge is 0.497 e. The van der Waals surface area contributed by atoms with Crippen LogP contribution < -0.4 is 15.1 Å². The van der Waals surface area contributed by atoms with Crippen LogP contribution in [0.5, 0.6) is 11.5 Å². The molecule has 4 aromatic rings. The molecule has 3 aromatic carbocycles. The lowest BCUT2D eigenvalue weighted by Gasteiger charge is -2.29. The van der Waals surface area contributed by atoms with Crippen LogP contribution in [0.25, 0.3) is 22.1 Å². The third kappa shape index (κ3) is 4.08. The summed E-state index contributed by atoms with van der Waals surface area (Å²) in [6.07, 6.45) is 0. The third-order valence-corrected chi connectivity index (χ3v) is 6.55. The average Bonchev–Trinajstić information content (AvgIpc) is 2.81. The van der Waals surface area contributed by atoms with Crippen LogP contribution in [-0.2, 0) is 13.1 Å². The third-order valence-electron chi connectivity index (χ3n) is 5.97. The number of nitrogens with zero attached hydrogens (tertiary/aromatic N) is 1. The molecule has 5 nitrogen and oxygen atoms in total.